The fraction of sp³-hybridized carbons (Fsp3) is 0.154. The summed E-state index contributed by atoms with van der Waals surface area (Å²) in [6.07, 6.45) is 0. The standard InChI is InChI=1S/C13H11ClN2S/c1-9-4-5-17-13(9)8-16-11-3-2-10(7-15)12(14)6-11/h2-6,16H,8H2,1H3. The summed E-state index contributed by atoms with van der Waals surface area (Å²) in [5.41, 5.74) is 2.73. The largest absolute Gasteiger partial charge is 0.380 e. The van der Waals surface area contributed by atoms with Crippen LogP contribution in [0.25, 0.3) is 0 Å². The van der Waals surface area contributed by atoms with Crippen LogP contribution in [-0.4, -0.2) is 0 Å². The molecular formula is C13H11ClN2S. The zero-order valence-electron chi connectivity index (χ0n) is 9.33. The summed E-state index contributed by atoms with van der Waals surface area (Å²) in [6, 6.07) is 9.53. The Labute approximate surface area is 109 Å². The van der Waals surface area contributed by atoms with E-state index in [-0.39, 0.29) is 0 Å². The minimum atomic E-state index is 0.486. The highest BCUT2D eigenvalue weighted by Crippen LogP contribution is 2.22. The van der Waals surface area contributed by atoms with Crippen LogP contribution in [-0.2, 0) is 6.54 Å². The number of hydrogen-bond acceptors (Lipinski definition) is 3. The number of nitriles is 1. The fourth-order valence-corrected chi connectivity index (χ4v) is 2.55. The van der Waals surface area contributed by atoms with Crippen molar-refractivity contribution in [3.8, 4) is 6.07 Å². The number of thiophene rings is 1. The maximum atomic E-state index is 8.77. The molecule has 0 aliphatic carbocycles. The van der Waals surface area contributed by atoms with Crippen molar-refractivity contribution in [1.29, 1.82) is 5.26 Å². The van der Waals surface area contributed by atoms with Crippen LogP contribution in [0.1, 0.15) is 16.0 Å². The third-order valence-electron chi connectivity index (χ3n) is 2.51. The monoisotopic (exact) mass is 262 g/mol. The molecule has 2 nitrogen and oxygen atoms in total. The molecule has 1 aromatic carbocycles. The molecule has 86 valence electrons. The summed E-state index contributed by atoms with van der Waals surface area (Å²) >= 11 is 7.69. The Morgan fingerprint density at radius 1 is 1.41 bits per heavy atom. The minimum Gasteiger partial charge on any atom is -0.380 e. The molecule has 1 aromatic heterocycles. The van der Waals surface area contributed by atoms with Gasteiger partial charge in [-0.2, -0.15) is 5.26 Å². The van der Waals surface area contributed by atoms with Crippen LogP contribution in [0.2, 0.25) is 5.02 Å². The predicted molar refractivity (Wildman–Crippen MR) is 72.5 cm³/mol. The van der Waals surface area contributed by atoms with E-state index in [1.165, 1.54) is 10.4 Å². The average Bonchev–Trinajstić information content (AvgIpc) is 2.72. The lowest BCUT2D eigenvalue weighted by Crippen LogP contribution is -1.98. The van der Waals surface area contributed by atoms with Gasteiger partial charge in [0.05, 0.1) is 10.6 Å². The fourth-order valence-electron chi connectivity index (χ4n) is 1.48. The highest BCUT2D eigenvalue weighted by atomic mass is 35.5. The summed E-state index contributed by atoms with van der Waals surface area (Å²) in [5, 5.41) is 14.6. The Hall–Kier alpha value is -1.50. The van der Waals surface area contributed by atoms with Crippen LogP contribution in [0, 0.1) is 18.3 Å². The van der Waals surface area contributed by atoms with Crippen LogP contribution in [0.3, 0.4) is 0 Å². The van der Waals surface area contributed by atoms with E-state index in [2.05, 4.69) is 23.7 Å². The van der Waals surface area contributed by atoms with E-state index < -0.39 is 0 Å². The van der Waals surface area contributed by atoms with Crippen molar-refractivity contribution in [2.45, 2.75) is 13.5 Å². The Bertz CT molecular complexity index is 569. The summed E-state index contributed by atoms with van der Waals surface area (Å²) in [6.45, 7) is 2.88. The van der Waals surface area contributed by atoms with E-state index in [4.69, 9.17) is 16.9 Å². The van der Waals surface area contributed by atoms with Gasteiger partial charge in [0.2, 0.25) is 0 Å². The highest BCUT2D eigenvalue weighted by Gasteiger charge is 2.02. The van der Waals surface area contributed by atoms with E-state index >= 15 is 0 Å². The summed E-state index contributed by atoms with van der Waals surface area (Å²) in [7, 11) is 0. The number of benzene rings is 1. The van der Waals surface area contributed by atoms with E-state index in [1.54, 1.807) is 23.5 Å². The molecule has 0 atom stereocenters. The van der Waals surface area contributed by atoms with Crippen LogP contribution >= 0.6 is 22.9 Å². The molecule has 2 rings (SSSR count). The molecule has 17 heavy (non-hydrogen) atoms. The van der Waals surface area contributed by atoms with E-state index in [1.807, 2.05) is 12.1 Å². The smallest absolute Gasteiger partial charge is 0.101 e. The Morgan fingerprint density at radius 2 is 2.24 bits per heavy atom. The van der Waals surface area contributed by atoms with Gasteiger partial charge in [-0.1, -0.05) is 11.6 Å². The molecule has 2 aromatic rings. The van der Waals surface area contributed by atoms with Crippen LogP contribution < -0.4 is 5.32 Å². The molecule has 1 N–H and O–H groups in total. The Kier molecular flexibility index (Phi) is 3.68. The molecule has 0 saturated heterocycles. The number of nitrogens with one attached hydrogen (secondary N) is 1. The first-order valence-electron chi connectivity index (χ1n) is 5.17. The molecule has 0 aliphatic rings. The molecule has 0 bridgehead atoms. The highest BCUT2D eigenvalue weighted by molar-refractivity contribution is 7.10. The van der Waals surface area contributed by atoms with Crippen molar-refractivity contribution in [1.82, 2.24) is 0 Å². The molecule has 0 amide bonds. The second-order valence-electron chi connectivity index (χ2n) is 3.69. The normalized spacial score (nSPS) is 9.94. The molecule has 4 heteroatoms. The lowest BCUT2D eigenvalue weighted by Gasteiger charge is -2.06. The lowest BCUT2D eigenvalue weighted by atomic mass is 10.2. The first kappa shape index (κ1) is 12.0. The number of aryl methyl sites for hydroxylation is 1. The van der Waals surface area contributed by atoms with Gasteiger partial charge in [-0.3, -0.25) is 0 Å². The van der Waals surface area contributed by atoms with Gasteiger partial charge in [0, 0.05) is 17.1 Å². The van der Waals surface area contributed by atoms with Gasteiger partial charge in [0.1, 0.15) is 6.07 Å². The van der Waals surface area contributed by atoms with Gasteiger partial charge in [-0.25, -0.2) is 0 Å². The zero-order chi connectivity index (χ0) is 12.3. The minimum absolute atomic E-state index is 0.486. The second-order valence-corrected chi connectivity index (χ2v) is 5.09. The molecule has 0 radical (unpaired) electrons. The van der Waals surface area contributed by atoms with Crippen molar-refractivity contribution in [2.24, 2.45) is 0 Å². The Morgan fingerprint density at radius 3 is 2.82 bits per heavy atom. The van der Waals surface area contributed by atoms with Crippen LogP contribution in [0.15, 0.2) is 29.6 Å². The maximum absolute atomic E-state index is 8.77. The van der Waals surface area contributed by atoms with Crippen molar-refractivity contribution < 1.29 is 0 Å². The van der Waals surface area contributed by atoms with Gasteiger partial charge >= 0.3 is 0 Å². The first-order valence-corrected chi connectivity index (χ1v) is 6.43. The molecular weight excluding hydrogens is 252 g/mol. The Balaban J connectivity index is 2.08. The van der Waals surface area contributed by atoms with Gasteiger partial charge in [-0.15, -0.1) is 11.3 Å². The summed E-state index contributed by atoms with van der Waals surface area (Å²) in [4.78, 5) is 1.31. The summed E-state index contributed by atoms with van der Waals surface area (Å²) in [5.74, 6) is 0. The first-order chi connectivity index (χ1) is 8.20. The molecule has 0 fully saturated rings. The SMILES string of the molecule is Cc1ccsc1CNc1ccc(C#N)c(Cl)c1. The van der Waals surface area contributed by atoms with Crippen molar-refractivity contribution in [3.63, 3.8) is 0 Å². The number of halogens is 1. The van der Waals surface area contributed by atoms with Gasteiger partial charge in [0.15, 0.2) is 0 Å². The number of hydrogen-bond donors (Lipinski definition) is 1. The average molecular weight is 263 g/mol. The number of nitrogens with zero attached hydrogens (tertiary/aromatic N) is 1. The van der Waals surface area contributed by atoms with E-state index in [0.29, 0.717) is 10.6 Å². The van der Waals surface area contributed by atoms with E-state index in [0.717, 1.165) is 12.2 Å². The zero-order valence-corrected chi connectivity index (χ0v) is 10.9. The molecule has 0 saturated carbocycles. The third-order valence-corrected chi connectivity index (χ3v) is 3.85. The molecule has 1 heterocycles. The quantitative estimate of drug-likeness (QED) is 0.900. The van der Waals surface area contributed by atoms with Crippen LogP contribution in [0.4, 0.5) is 5.69 Å². The van der Waals surface area contributed by atoms with Gasteiger partial charge < -0.3 is 5.32 Å². The summed E-state index contributed by atoms with van der Waals surface area (Å²) < 4.78 is 0. The topological polar surface area (TPSA) is 35.8 Å². The molecule has 0 aliphatic heterocycles. The van der Waals surface area contributed by atoms with Crippen molar-refractivity contribution in [3.05, 3.63) is 50.7 Å². The molecule has 0 spiro atoms. The van der Waals surface area contributed by atoms with Gasteiger partial charge in [-0.05, 0) is 42.1 Å². The van der Waals surface area contributed by atoms with Crippen LogP contribution in [0.5, 0.6) is 0 Å². The van der Waals surface area contributed by atoms with Crippen molar-refractivity contribution in [2.75, 3.05) is 5.32 Å². The predicted octanol–water partition coefficient (Wildman–Crippen LogP) is 4.19. The lowest BCUT2D eigenvalue weighted by molar-refractivity contribution is 1.17. The second kappa shape index (κ2) is 5.22. The van der Waals surface area contributed by atoms with Gasteiger partial charge in [0.25, 0.3) is 0 Å². The third kappa shape index (κ3) is 2.79. The number of anilines is 1. The maximum Gasteiger partial charge on any atom is 0.101 e. The molecule has 0 unspecified atom stereocenters. The number of rotatable bonds is 3. The van der Waals surface area contributed by atoms with Crippen molar-refractivity contribution >= 4 is 28.6 Å². The van der Waals surface area contributed by atoms with E-state index in [9.17, 15) is 0 Å².